The molecular formula is C14H25N5. The average Bonchev–Trinajstić information content (AvgIpc) is 2.39. The van der Waals surface area contributed by atoms with Crippen LogP contribution in [0, 0.1) is 11.8 Å². The van der Waals surface area contributed by atoms with Crippen molar-refractivity contribution >= 4 is 11.6 Å². The third-order valence-electron chi connectivity index (χ3n) is 3.78. The quantitative estimate of drug-likeness (QED) is 0.669. The first kappa shape index (κ1) is 14.1. The number of nitrogens with zero attached hydrogens (tertiary/aromatic N) is 2. The fraction of sp³-hybridized carbons (Fsp3) is 0.714. The van der Waals surface area contributed by atoms with Crippen LogP contribution in [0.3, 0.4) is 0 Å². The Morgan fingerprint density at radius 2 is 2.05 bits per heavy atom. The lowest BCUT2D eigenvalue weighted by atomic mass is 9.83. The van der Waals surface area contributed by atoms with Gasteiger partial charge in [-0.1, -0.05) is 26.2 Å². The maximum Gasteiger partial charge on any atom is 0.131 e. The molecule has 1 heterocycles. The number of hydrogen-bond donors (Lipinski definition) is 3. The van der Waals surface area contributed by atoms with Crippen molar-refractivity contribution in [2.24, 2.45) is 17.6 Å². The van der Waals surface area contributed by atoms with Crippen LogP contribution in [-0.4, -0.2) is 29.6 Å². The third kappa shape index (κ3) is 4.67. The van der Waals surface area contributed by atoms with E-state index in [1.165, 1.54) is 25.7 Å². The molecule has 1 aromatic heterocycles. The van der Waals surface area contributed by atoms with E-state index in [0.29, 0.717) is 12.5 Å². The molecule has 1 atom stereocenters. The van der Waals surface area contributed by atoms with Crippen LogP contribution in [0.2, 0.25) is 0 Å². The van der Waals surface area contributed by atoms with Crippen molar-refractivity contribution in [3.8, 4) is 0 Å². The van der Waals surface area contributed by atoms with Crippen LogP contribution in [0.15, 0.2) is 12.4 Å². The van der Waals surface area contributed by atoms with Gasteiger partial charge in [-0.2, -0.15) is 0 Å². The monoisotopic (exact) mass is 263 g/mol. The lowest BCUT2D eigenvalue weighted by molar-refractivity contribution is 0.303. The van der Waals surface area contributed by atoms with Gasteiger partial charge in [0.1, 0.15) is 18.0 Å². The summed E-state index contributed by atoms with van der Waals surface area (Å²) in [5.74, 6) is 3.14. The van der Waals surface area contributed by atoms with Crippen LogP contribution >= 0.6 is 0 Å². The summed E-state index contributed by atoms with van der Waals surface area (Å²) in [5.41, 5.74) is 5.59. The number of nitrogens with two attached hydrogens (primary N) is 1. The molecule has 0 aliphatic heterocycles. The lowest BCUT2D eigenvalue weighted by Crippen LogP contribution is -2.20. The zero-order chi connectivity index (χ0) is 13.5. The van der Waals surface area contributed by atoms with Crippen LogP contribution < -0.4 is 16.4 Å². The summed E-state index contributed by atoms with van der Waals surface area (Å²) >= 11 is 0. The molecule has 1 unspecified atom stereocenters. The van der Waals surface area contributed by atoms with Gasteiger partial charge in [0.25, 0.3) is 0 Å². The van der Waals surface area contributed by atoms with Gasteiger partial charge in [0, 0.05) is 19.2 Å². The fourth-order valence-corrected chi connectivity index (χ4v) is 2.10. The van der Waals surface area contributed by atoms with E-state index in [-0.39, 0.29) is 0 Å². The topological polar surface area (TPSA) is 75.9 Å². The van der Waals surface area contributed by atoms with Crippen molar-refractivity contribution in [1.29, 1.82) is 0 Å². The molecule has 106 valence electrons. The second kappa shape index (κ2) is 7.28. The highest BCUT2D eigenvalue weighted by Gasteiger charge is 2.16. The molecule has 1 saturated carbocycles. The molecule has 0 bridgehead atoms. The maximum atomic E-state index is 5.59. The smallest absolute Gasteiger partial charge is 0.131 e. The van der Waals surface area contributed by atoms with Crippen molar-refractivity contribution in [3.63, 3.8) is 0 Å². The molecule has 1 fully saturated rings. The normalized spacial score (nSPS) is 16.7. The molecule has 0 saturated heterocycles. The maximum absolute atomic E-state index is 5.59. The molecule has 19 heavy (non-hydrogen) atoms. The van der Waals surface area contributed by atoms with Gasteiger partial charge < -0.3 is 16.4 Å². The Bertz CT molecular complexity index is 378. The Morgan fingerprint density at radius 1 is 1.32 bits per heavy atom. The van der Waals surface area contributed by atoms with Crippen molar-refractivity contribution in [3.05, 3.63) is 12.4 Å². The van der Waals surface area contributed by atoms with E-state index in [4.69, 9.17) is 5.73 Å². The summed E-state index contributed by atoms with van der Waals surface area (Å²) in [5, 5.41) is 6.66. The predicted octanol–water partition coefficient (Wildman–Crippen LogP) is 2.09. The highest BCUT2D eigenvalue weighted by molar-refractivity contribution is 5.46. The van der Waals surface area contributed by atoms with Crippen molar-refractivity contribution in [2.45, 2.75) is 32.6 Å². The summed E-state index contributed by atoms with van der Waals surface area (Å²) in [7, 11) is 0. The number of rotatable bonds is 8. The van der Waals surface area contributed by atoms with Crippen LogP contribution in [0.25, 0.3) is 0 Å². The summed E-state index contributed by atoms with van der Waals surface area (Å²) in [4.78, 5) is 8.45. The van der Waals surface area contributed by atoms with Crippen LogP contribution in [0.5, 0.6) is 0 Å². The van der Waals surface area contributed by atoms with E-state index in [2.05, 4.69) is 27.5 Å². The molecule has 2 rings (SSSR count). The first-order chi connectivity index (χ1) is 9.28. The molecule has 1 aliphatic carbocycles. The standard InChI is InChI=1S/C14H25N5/c1-11(8-15)9-17-14-7-13(18-10-19-14)16-6-5-12-3-2-4-12/h7,10-12H,2-6,8-9,15H2,1H3,(H2,16,17,18,19). The van der Waals surface area contributed by atoms with E-state index in [1.807, 2.05) is 6.07 Å². The predicted molar refractivity (Wildman–Crippen MR) is 79.2 cm³/mol. The second-order valence-corrected chi connectivity index (χ2v) is 5.52. The Morgan fingerprint density at radius 3 is 2.68 bits per heavy atom. The zero-order valence-corrected chi connectivity index (χ0v) is 11.7. The van der Waals surface area contributed by atoms with Gasteiger partial charge in [-0.15, -0.1) is 0 Å². The summed E-state index contributed by atoms with van der Waals surface area (Å²) in [6.07, 6.45) is 7.05. The van der Waals surface area contributed by atoms with E-state index in [1.54, 1.807) is 6.33 Å². The third-order valence-corrected chi connectivity index (χ3v) is 3.78. The van der Waals surface area contributed by atoms with Gasteiger partial charge in [-0.05, 0) is 24.8 Å². The molecule has 1 aliphatic rings. The van der Waals surface area contributed by atoms with E-state index < -0.39 is 0 Å². The first-order valence-corrected chi connectivity index (χ1v) is 7.27. The number of nitrogens with one attached hydrogen (secondary N) is 2. The molecule has 4 N–H and O–H groups in total. The van der Waals surface area contributed by atoms with Crippen molar-refractivity contribution < 1.29 is 0 Å². The number of anilines is 2. The van der Waals surface area contributed by atoms with Gasteiger partial charge in [-0.25, -0.2) is 9.97 Å². The highest BCUT2D eigenvalue weighted by Crippen LogP contribution is 2.29. The minimum atomic E-state index is 0.449. The summed E-state index contributed by atoms with van der Waals surface area (Å²) < 4.78 is 0. The number of hydrogen-bond acceptors (Lipinski definition) is 5. The molecular weight excluding hydrogens is 238 g/mol. The van der Waals surface area contributed by atoms with Crippen LogP contribution in [-0.2, 0) is 0 Å². The van der Waals surface area contributed by atoms with Gasteiger partial charge in [0.2, 0.25) is 0 Å². The summed E-state index contributed by atoms with van der Waals surface area (Å²) in [6, 6.07) is 1.96. The molecule has 0 radical (unpaired) electrons. The zero-order valence-electron chi connectivity index (χ0n) is 11.7. The summed E-state index contributed by atoms with van der Waals surface area (Å²) in [6.45, 7) is 4.64. The lowest BCUT2D eigenvalue weighted by Gasteiger charge is -2.25. The highest BCUT2D eigenvalue weighted by atomic mass is 15.1. The van der Waals surface area contributed by atoms with Crippen LogP contribution in [0.1, 0.15) is 32.6 Å². The molecule has 5 nitrogen and oxygen atoms in total. The van der Waals surface area contributed by atoms with E-state index >= 15 is 0 Å². The second-order valence-electron chi connectivity index (χ2n) is 5.52. The van der Waals surface area contributed by atoms with Gasteiger partial charge in [0.05, 0.1) is 0 Å². The molecule has 1 aromatic rings. The Balaban J connectivity index is 1.73. The molecule has 0 aromatic carbocycles. The molecule has 0 amide bonds. The first-order valence-electron chi connectivity index (χ1n) is 7.27. The Kier molecular flexibility index (Phi) is 5.39. The SMILES string of the molecule is CC(CN)CNc1cc(NCCC2CCC2)ncn1. The van der Waals surface area contributed by atoms with Gasteiger partial charge in [0.15, 0.2) is 0 Å². The average molecular weight is 263 g/mol. The van der Waals surface area contributed by atoms with Crippen molar-refractivity contribution in [2.75, 3.05) is 30.3 Å². The van der Waals surface area contributed by atoms with Gasteiger partial charge in [-0.3, -0.25) is 0 Å². The molecule has 0 spiro atoms. The van der Waals surface area contributed by atoms with Gasteiger partial charge >= 0.3 is 0 Å². The fourth-order valence-electron chi connectivity index (χ4n) is 2.10. The minimum Gasteiger partial charge on any atom is -0.370 e. The van der Waals surface area contributed by atoms with Crippen LogP contribution in [0.4, 0.5) is 11.6 Å². The van der Waals surface area contributed by atoms with E-state index in [0.717, 1.165) is 30.6 Å². The Labute approximate surface area is 115 Å². The van der Waals surface area contributed by atoms with E-state index in [9.17, 15) is 0 Å². The largest absolute Gasteiger partial charge is 0.370 e. The van der Waals surface area contributed by atoms with Crippen molar-refractivity contribution in [1.82, 2.24) is 9.97 Å². The number of aromatic nitrogens is 2. The molecule has 5 heteroatoms. The Hall–Kier alpha value is -1.36. The minimum absolute atomic E-state index is 0.449.